The Morgan fingerprint density at radius 2 is 2.11 bits per heavy atom. The van der Waals surface area contributed by atoms with Crippen molar-refractivity contribution in [3.05, 3.63) is 34.9 Å². The number of hydrogen-bond donors (Lipinski definition) is 1. The van der Waals surface area contributed by atoms with Gasteiger partial charge in [0, 0.05) is 19.2 Å². The largest absolute Gasteiger partial charge is 0.488 e. The second-order valence-corrected chi connectivity index (χ2v) is 8.72. The van der Waals surface area contributed by atoms with Crippen molar-refractivity contribution in [3.8, 4) is 17.9 Å². The van der Waals surface area contributed by atoms with Crippen LogP contribution in [0.1, 0.15) is 24.2 Å². The highest BCUT2D eigenvalue weighted by molar-refractivity contribution is 7.89. The summed E-state index contributed by atoms with van der Waals surface area (Å²) >= 11 is 5.98. The fourth-order valence-electron chi connectivity index (χ4n) is 3.14. The molecule has 2 heterocycles. The zero-order valence-electron chi connectivity index (χ0n) is 15.0. The van der Waals surface area contributed by atoms with Crippen molar-refractivity contribution < 1.29 is 13.2 Å². The Morgan fingerprint density at radius 3 is 2.70 bits per heavy atom. The van der Waals surface area contributed by atoms with E-state index in [2.05, 4.69) is 28.1 Å². The summed E-state index contributed by atoms with van der Waals surface area (Å²) in [6.45, 7) is 4.04. The number of allylic oxidation sites excluding steroid dienone is 3. The van der Waals surface area contributed by atoms with Gasteiger partial charge in [-0.2, -0.15) is 14.7 Å². The third-order valence-electron chi connectivity index (χ3n) is 4.48. The highest BCUT2D eigenvalue weighted by atomic mass is 35.5. The van der Waals surface area contributed by atoms with Crippen molar-refractivity contribution in [3.63, 3.8) is 0 Å². The van der Waals surface area contributed by atoms with E-state index >= 15 is 0 Å². The molecule has 1 N–H and O–H groups in total. The number of aromatic amines is 1. The number of nitriles is 1. The summed E-state index contributed by atoms with van der Waals surface area (Å²) in [5, 5.41) is 15.4. The van der Waals surface area contributed by atoms with Gasteiger partial charge in [-0.3, -0.25) is 5.10 Å². The van der Waals surface area contributed by atoms with E-state index in [0.29, 0.717) is 48.7 Å². The Balaban J connectivity index is 1.68. The number of hydrogen-bond acceptors (Lipinski definition) is 5. The molecule has 7 nitrogen and oxygen atoms in total. The molecule has 1 unspecified atom stereocenters. The number of rotatable bonds is 4. The first kappa shape index (κ1) is 19.5. The average Bonchev–Trinajstić information content (AvgIpc) is 2.87. The molecule has 1 fully saturated rings. The first-order valence-corrected chi connectivity index (χ1v) is 10.4. The quantitative estimate of drug-likeness (QED) is 0.610. The number of halogens is 1. The van der Waals surface area contributed by atoms with Crippen LogP contribution < -0.4 is 0 Å². The zero-order valence-corrected chi connectivity index (χ0v) is 16.6. The van der Waals surface area contributed by atoms with Crippen molar-refractivity contribution in [2.75, 3.05) is 13.1 Å². The Kier molecular flexibility index (Phi) is 5.61. The number of nitrogens with zero attached hydrogens (tertiary/aromatic N) is 3. The van der Waals surface area contributed by atoms with Gasteiger partial charge in [-0.1, -0.05) is 11.8 Å². The van der Waals surface area contributed by atoms with Gasteiger partial charge in [0.05, 0.1) is 17.0 Å². The maximum Gasteiger partial charge on any atom is 0.246 e. The molecule has 3 rings (SSSR count). The van der Waals surface area contributed by atoms with E-state index in [1.54, 1.807) is 26.0 Å². The van der Waals surface area contributed by atoms with Crippen LogP contribution in [0.2, 0.25) is 0 Å². The van der Waals surface area contributed by atoms with Gasteiger partial charge in [-0.25, -0.2) is 8.42 Å². The maximum absolute atomic E-state index is 12.9. The Labute approximate surface area is 163 Å². The zero-order chi connectivity index (χ0) is 19.6. The second kappa shape index (κ2) is 7.77. The van der Waals surface area contributed by atoms with Gasteiger partial charge in [0.1, 0.15) is 28.2 Å². The highest BCUT2D eigenvalue weighted by Crippen LogP contribution is 2.27. The Hall–Kier alpha value is -2.26. The maximum atomic E-state index is 12.9. The number of aromatic nitrogens is 2. The molecule has 9 heteroatoms. The van der Waals surface area contributed by atoms with Crippen molar-refractivity contribution in [2.24, 2.45) is 0 Å². The van der Waals surface area contributed by atoms with Crippen molar-refractivity contribution in [1.82, 2.24) is 14.5 Å². The molecule has 0 radical (unpaired) electrons. The number of sulfonamides is 1. The number of alkyl halides is 1. The van der Waals surface area contributed by atoms with E-state index in [0.717, 1.165) is 0 Å². The molecule has 1 aromatic heterocycles. The van der Waals surface area contributed by atoms with E-state index in [4.69, 9.17) is 16.3 Å². The molecule has 0 saturated carbocycles. The van der Waals surface area contributed by atoms with Crippen LogP contribution in [-0.2, 0) is 14.8 Å². The van der Waals surface area contributed by atoms with Crippen LogP contribution in [0.3, 0.4) is 0 Å². The standard InChI is InChI=1S/C18H19ClN4O3S/c1-12-18(13(2)22-21-12)27(24,25)23-8-6-16(7-9-23)26-17-5-3-4-15(19)10-14(17)11-20/h5,10,15-16H,6-9H2,1-2H3,(H,21,22). The minimum atomic E-state index is -3.60. The summed E-state index contributed by atoms with van der Waals surface area (Å²) in [4.78, 5) is 0.242. The molecular weight excluding hydrogens is 388 g/mol. The SMILES string of the molecule is Cc1n[nH]c(C)c1S(=O)(=O)N1CCC(OC2=CC#CC(Cl)C=C2C#N)CC1. The van der Waals surface area contributed by atoms with Crippen LogP contribution in [0.4, 0.5) is 0 Å². The molecule has 1 saturated heterocycles. The minimum Gasteiger partial charge on any atom is -0.488 e. The van der Waals surface area contributed by atoms with E-state index < -0.39 is 15.4 Å². The summed E-state index contributed by atoms with van der Waals surface area (Å²) < 4.78 is 33.2. The Bertz CT molecular complexity index is 980. The van der Waals surface area contributed by atoms with E-state index in [1.165, 1.54) is 4.31 Å². The van der Waals surface area contributed by atoms with Gasteiger partial charge in [0.25, 0.3) is 0 Å². The van der Waals surface area contributed by atoms with Crippen molar-refractivity contribution in [2.45, 2.75) is 43.1 Å². The third kappa shape index (κ3) is 4.03. The topological polar surface area (TPSA) is 99.1 Å². The number of aryl methyl sites for hydroxylation is 2. The normalized spacial score (nSPS) is 21.3. The molecule has 0 spiro atoms. The van der Waals surface area contributed by atoms with Crippen LogP contribution in [0, 0.1) is 37.0 Å². The van der Waals surface area contributed by atoms with Gasteiger partial charge in [-0.15, -0.1) is 11.6 Å². The summed E-state index contributed by atoms with van der Waals surface area (Å²) in [6.07, 6.45) is 3.93. The average molecular weight is 407 g/mol. The Morgan fingerprint density at radius 1 is 1.41 bits per heavy atom. The molecule has 1 aliphatic carbocycles. The third-order valence-corrected chi connectivity index (χ3v) is 6.87. The van der Waals surface area contributed by atoms with Crippen LogP contribution in [0.25, 0.3) is 0 Å². The lowest BCUT2D eigenvalue weighted by Gasteiger charge is -2.31. The van der Waals surface area contributed by atoms with Gasteiger partial charge in [0.2, 0.25) is 10.0 Å². The minimum absolute atomic E-state index is 0.195. The van der Waals surface area contributed by atoms with Crippen LogP contribution >= 0.6 is 11.6 Å². The number of H-pyrrole nitrogens is 1. The van der Waals surface area contributed by atoms with Gasteiger partial charge in [-0.05, 0) is 32.8 Å². The van der Waals surface area contributed by atoms with Crippen LogP contribution in [0.5, 0.6) is 0 Å². The molecule has 27 heavy (non-hydrogen) atoms. The van der Waals surface area contributed by atoms with Crippen LogP contribution in [0.15, 0.2) is 28.4 Å². The molecule has 2 aliphatic rings. The lowest BCUT2D eigenvalue weighted by atomic mass is 10.1. The number of ether oxygens (including phenoxy) is 1. The lowest BCUT2D eigenvalue weighted by Crippen LogP contribution is -2.41. The predicted molar refractivity (Wildman–Crippen MR) is 100 cm³/mol. The monoisotopic (exact) mass is 406 g/mol. The van der Waals surface area contributed by atoms with E-state index in [9.17, 15) is 13.7 Å². The first-order valence-electron chi connectivity index (χ1n) is 8.49. The lowest BCUT2D eigenvalue weighted by molar-refractivity contribution is 0.0765. The van der Waals surface area contributed by atoms with E-state index in [1.807, 2.05) is 0 Å². The molecule has 1 atom stereocenters. The molecule has 1 aliphatic heterocycles. The molecular formula is C18H19ClN4O3S. The summed E-state index contributed by atoms with van der Waals surface area (Å²) in [6, 6.07) is 2.06. The van der Waals surface area contributed by atoms with Crippen LogP contribution in [-0.4, -0.2) is 47.5 Å². The first-order chi connectivity index (χ1) is 12.8. The summed E-state index contributed by atoms with van der Waals surface area (Å²) in [7, 11) is -3.60. The highest BCUT2D eigenvalue weighted by Gasteiger charge is 2.33. The van der Waals surface area contributed by atoms with Gasteiger partial charge >= 0.3 is 0 Å². The summed E-state index contributed by atoms with van der Waals surface area (Å²) in [5.74, 6) is 5.93. The van der Waals surface area contributed by atoms with Crippen molar-refractivity contribution in [1.29, 1.82) is 5.26 Å². The fourth-order valence-corrected chi connectivity index (χ4v) is 5.13. The molecule has 0 amide bonds. The number of piperidine rings is 1. The second-order valence-electron chi connectivity index (χ2n) is 6.38. The van der Waals surface area contributed by atoms with Gasteiger partial charge in [0.15, 0.2) is 0 Å². The smallest absolute Gasteiger partial charge is 0.246 e. The fraction of sp³-hybridized carbons (Fsp3) is 0.444. The molecule has 0 aromatic carbocycles. The number of nitrogens with one attached hydrogen (secondary N) is 1. The summed E-state index contributed by atoms with van der Waals surface area (Å²) in [5.41, 5.74) is 1.33. The van der Waals surface area contributed by atoms with E-state index in [-0.39, 0.29) is 11.0 Å². The van der Waals surface area contributed by atoms with Crippen molar-refractivity contribution >= 4 is 21.6 Å². The predicted octanol–water partition coefficient (Wildman–Crippen LogP) is 2.15. The van der Waals surface area contributed by atoms with Gasteiger partial charge < -0.3 is 4.74 Å². The molecule has 142 valence electrons. The molecule has 1 aromatic rings. The molecule has 0 bridgehead atoms.